The Morgan fingerprint density at radius 1 is 0.600 bits per heavy atom. The number of morpholine rings is 1. The molecule has 2 unspecified atom stereocenters. The van der Waals surface area contributed by atoms with Crippen LogP contribution in [0.1, 0.15) is 183 Å². The minimum Gasteiger partial charge on any atom is -0.378 e. The van der Waals surface area contributed by atoms with Crippen molar-refractivity contribution in [2.45, 2.75) is 268 Å². The molecule has 34 heteroatoms. The molecular formula is C76H120F8N12O14. The number of amides is 12. The predicted molar refractivity (Wildman–Crippen MR) is 387 cm³/mol. The van der Waals surface area contributed by atoms with Crippen LogP contribution in [0.2, 0.25) is 0 Å². The van der Waals surface area contributed by atoms with Gasteiger partial charge in [-0.3, -0.25) is 57.5 Å². The molecule has 0 aromatic heterocycles. The molecule has 0 aromatic carbocycles. The molecule has 0 aromatic rings. The van der Waals surface area contributed by atoms with Gasteiger partial charge in [-0.15, -0.1) is 0 Å². The van der Waals surface area contributed by atoms with Crippen LogP contribution >= 0.6 is 0 Å². The highest BCUT2D eigenvalue weighted by atomic mass is 19.4. The Hall–Kier alpha value is -7.00. The summed E-state index contributed by atoms with van der Waals surface area (Å²) in [6, 6.07) is -11.4. The van der Waals surface area contributed by atoms with Crippen molar-refractivity contribution in [3.63, 3.8) is 0 Å². The van der Waals surface area contributed by atoms with E-state index in [1.807, 2.05) is 27.7 Å². The van der Waals surface area contributed by atoms with Crippen LogP contribution in [-0.2, 0) is 67.0 Å². The summed E-state index contributed by atoms with van der Waals surface area (Å²) in [7, 11) is 8.02. The van der Waals surface area contributed by atoms with Crippen LogP contribution < -0.4 is 16.0 Å². The van der Waals surface area contributed by atoms with Gasteiger partial charge in [0.25, 0.3) is 0 Å². The van der Waals surface area contributed by atoms with E-state index in [-0.39, 0.29) is 129 Å². The molecule has 2 bridgehead atoms. The fraction of sp³-hybridized carbons (Fsp3) is 0.842. The van der Waals surface area contributed by atoms with Crippen LogP contribution in [0.25, 0.3) is 0 Å². The minimum absolute atomic E-state index is 0.00554. The van der Waals surface area contributed by atoms with E-state index in [9.17, 15) is 45.5 Å². The Bertz CT molecular complexity index is 3210. The first-order chi connectivity index (χ1) is 51.6. The maximum Gasteiger partial charge on any atom is 0.397 e. The lowest BCUT2D eigenvalue weighted by Crippen LogP contribution is -2.68. The quantitative estimate of drug-likeness (QED) is 0.154. The Balaban J connectivity index is 1.33. The number of hydrogen-bond donors (Lipinski definition) is 3. The molecule has 1 spiro atoms. The van der Waals surface area contributed by atoms with Gasteiger partial charge in [0.05, 0.1) is 44.7 Å². The SMILES string of the molecule is CCO[C@@H]1C[C@H]2C(=O)NC3(CCC3)C(=O)N(C)[C@@H](C(CC)CC)C(=O)N(C)[C@H](C(=O)N3CCOCC3)CC(=O)N(C)[C@@H](CC(C)C)C(=O)N[C@@H]([C@@H](C)CC)C(=O)N(C)CC(=O)N(C)[C@H]3CCCCN(C3=O)[C@@H](CC3CCC(C(F)(F)F)CC3)C(=O)N(C)CC(=O)N[C@@H](CCC3CC(F)C(C(F)(F)F)C(F)C3)C(=O)N2C1. The second-order valence-corrected chi connectivity index (χ2v) is 32.4. The number of fused-ring (bicyclic) bond motifs is 3. The molecule has 110 heavy (non-hydrogen) atoms. The van der Waals surface area contributed by atoms with Crippen LogP contribution in [0.15, 0.2) is 0 Å². The summed E-state index contributed by atoms with van der Waals surface area (Å²) >= 11 is 0. The Morgan fingerprint density at radius 3 is 1.77 bits per heavy atom. The van der Waals surface area contributed by atoms with Crippen LogP contribution in [0.3, 0.4) is 0 Å². The summed E-state index contributed by atoms with van der Waals surface area (Å²) in [5.41, 5.74) is -1.72. The maximum atomic E-state index is 15.7. The number of halogens is 8. The standard InChI is InChI=1S/C76H120F8N12O14/c1-14-45(7)63-71(106)89(9)43-61(99)90(10)54-21-18-19-30-95(70(54)105)58(38-46-22-25-49(26-23-46)75(79,80)81)68(103)88(8)42-59(97)85-53(27-24-47-36-51(77)62(52(78)37-47)76(82,83)84)67(102)96-41-50(110-17-4)39-56(96)66(101)87-74(28-20-29-74)73(108)93(13)64(48(15-2)16-3)72(107)92(12)57(69(104)94-31-33-109-34-32-94)40-60(98)91(11)55(35-44(5)6)65(100)86-63/h44-58,62-64H,14-43H2,1-13H3,(H,85,97)(H,86,100)(H,87,101)/t45-,46?,47?,49?,50+,51?,52?,53-,54-,55-,56-,57-,58-,62?,63-,64-/m0/s1. The summed E-state index contributed by atoms with van der Waals surface area (Å²) in [4.78, 5) is 193. The van der Waals surface area contributed by atoms with Gasteiger partial charge in [0.2, 0.25) is 70.9 Å². The zero-order valence-corrected chi connectivity index (χ0v) is 66.4. The smallest absolute Gasteiger partial charge is 0.378 e. The van der Waals surface area contributed by atoms with Crippen molar-refractivity contribution >= 4 is 70.9 Å². The maximum absolute atomic E-state index is 15.7. The van der Waals surface area contributed by atoms with Crippen LogP contribution in [-0.4, -0.2) is 301 Å². The number of nitrogens with one attached hydrogen (secondary N) is 3. The van der Waals surface area contributed by atoms with Crippen molar-refractivity contribution in [3.8, 4) is 0 Å². The molecule has 4 saturated heterocycles. The molecular weight excluding hydrogens is 1460 g/mol. The highest BCUT2D eigenvalue weighted by molar-refractivity contribution is 6.01. The molecule has 7 fully saturated rings. The van der Waals surface area contributed by atoms with Gasteiger partial charge < -0.3 is 69.5 Å². The van der Waals surface area contributed by atoms with Gasteiger partial charge in [-0.05, 0) is 139 Å². The third kappa shape index (κ3) is 21.8. The first-order valence-electron chi connectivity index (χ1n) is 39.6. The number of likely N-dealkylation sites (N-methyl/N-ethyl adjacent to an activating group) is 6. The van der Waals surface area contributed by atoms with E-state index in [0.29, 0.717) is 32.1 Å². The molecule has 4 heterocycles. The monoisotopic (exact) mass is 1580 g/mol. The van der Waals surface area contributed by atoms with E-state index < -0.39 is 230 Å². The van der Waals surface area contributed by atoms with Crippen LogP contribution in [0, 0.1) is 41.4 Å². The molecule has 7 rings (SSSR count). The molecule has 3 aliphatic carbocycles. The average molecular weight is 1580 g/mol. The third-order valence-corrected chi connectivity index (χ3v) is 24.5. The molecule has 7 aliphatic rings. The molecule has 12 atom stereocenters. The molecule has 624 valence electrons. The largest absolute Gasteiger partial charge is 0.397 e. The van der Waals surface area contributed by atoms with E-state index in [2.05, 4.69) is 16.0 Å². The number of nitrogens with zero attached hydrogens (tertiary/aromatic N) is 9. The normalized spacial score (nSPS) is 31.4. The van der Waals surface area contributed by atoms with Gasteiger partial charge in [-0.1, -0.05) is 60.8 Å². The van der Waals surface area contributed by atoms with Gasteiger partial charge in [0.15, 0.2) is 0 Å². The third-order valence-electron chi connectivity index (χ3n) is 24.5. The topological polar surface area (TPSA) is 289 Å². The van der Waals surface area contributed by atoms with E-state index in [1.54, 1.807) is 20.8 Å². The highest BCUT2D eigenvalue weighted by Crippen LogP contribution is 2.46. The lowest BCUT2D eigenvalue weighted by molar-refractivity contribution is -0.219. The lowest BCUT2D eigenvalue weighted by Gasteiger charge is -2.47. The van der Waals surface area contributed by atoms with Crippen molar-refractivity contribution in [2.75, 3.05) is 101 Å². The second-order valence-electron chi connectivity index (χ2n) is 32.4. The highest BCUT2D eigenvalue weighted by Gasteiger charge is 2.56. The van der Waals surface area contributed by atoms with Crippen molar-refractivity contribution in [1.29, 1.82) is 0 Å². The van der Waals surface area contributed by atoms with Gasteiger partial charge in [0, 0.05) is 81.5 Å². The predicted octanol–water partition coefficient (Wildman–Crippen LogP) is 6.20. The number of carbonyl (C=O) groups excluding carboxylic acids is 12. The zero-order chi connectivity index (χ0) is 81.8. The molecule has 3 N–H and O–H groups in total. The summed E-state index contributed by atoms with van der Waals surface area (Å²) in [5, 5.41) is 8.42. The number of rotatable bonds is 15. The van der Waals surface area contributed by atoms with Gasteiger partial charge in [-0.2, -0.15) is 26.3 Å². The molecule has 12 amide bonds. The molecule has 0 radical (unpaired) electrons. The molecule has 26 nitrogen and oxygen atoms in total. The second kappa shape index (κ2) is 39.2. The summed E-state index contributed by atoms with van der Waals surface area (Å²) in [5.74, 6) is -17.1. The van der Waals surface area contributed by atoms with Crippen molar-refractivity contribution in [2.24, 2.45) is 41.4 Å². The van der Waals surface area contributed by atoms with Crippen LogP contribution in [0.5, 0.6) is 0 Å². The Labute approximate surface area is 641 Å². The first kappa shape index (κ1) is 90.2. The molecule has 4 aliphatic heterocycles. The fourth-order valence-electron chi connectivity index (χ4n) is 17.3. The Morgan fingerprint density at radius 2 is 1.22 bits per heavy atom. The Kier molecular flexibility index (Phi) is 32.1. The van der Waals surface area contributed by atoms with Crippen molar-refractivity contribution < 1.29 is 102 Å². The fourth-order valence-corrected chi connectivity index (χ4v) is 17.3. The van der Waals surface area contributed by atoms with Crippen LogP contribution in [0.4, 0.5) is 35.1 Å². The van der Waals surface area contributed by atoms with E-state index in [1.165, 1.54) is 61.9 Å². The summed E-state index contributed by atoms with van der Waals surface area (Å²) in [6.07, 6.45) is -17.7. The summed E-state index contributed by atoms with van der Waals surface area (Å²) in [6.45, 7) is 11.1. The first-order valence-corrected chi connectivity index (χ1v) is 39.6. The zero-order valence-electron chi connectivity index (χ0n) is 66.4. The van der Waals surface area contributed by atoms with Crippen molar-refractivity contribution in [1.82, 2.24) is 60.0 Å². The van der Waals surface area contributed by atoms with E-state index in [0.717, 1.165) is 24.5 Å². The van der Waals surface area contributed by atoms with Crippen molar-refractivity contribution in [3.05, 3.63) is 0 Å². The number of ether oxygens (including phenoxy) is 2. The summed E-state index contributed by atoms with van der Waals surface area (Å²) < 4.78 is 127. The number of carbonyl (C=O) groups is 12. The lowest BCUT2D eigenvalue weighted by atomic mass is 9.74. The van der Waals surface area contributed by atoms with E-state index >= 15 is 47.1 Å². The molecule has 3 saturated carbocycles. The van der Waals surface area contributed by atoms with Gasteiger partial charge in [-0.25, -0.2) is 8.78 Å². The minimum atomic E-state index is -5.22. The average Bonchev–Trinajstić information content (AvgIpc) is 0.886. The number of alkyl halides is 8. The van der Waals surface area contributed by atoms with Gasteiger partial charge in [0.1, 0.15) is 72.1 Å². The number of hydrogen-bond acceptors (Lipinski definition) is 14. The van der Waals surface area contributed by atoms with E-state index in [4.69, 9.17) is 9.47 Å². The van der Waals surface area contributed by atoms with Gasteiger partial charge >= 0.3 is 12.4 Å².